The van der Waals surface area contributed by atoms with Crippen molar-refractivity contribution in [2.24, 2.45) is 0 Å². The molecule has 0 fully saturated rings. The van der Waals surface area contributed by atoms with Gasteiger partial charge in [0.05, 0.1) is 0 Å². The van der Waals surface area contributed by atoms with Crippen LogP contribution in [0.25, 0.3) is 0 Å². The van der Waals surface area contributed by atoms with Gasteiger partial charge in [0.2, 0.25) is 11.8 Å². The number of likely N-dealkylation sites (N-methyl/N-ethyl adjacent to an activating group) is 1. The molecular weight excluding hydrogens is 380 g/mol. The third-order valence-electron chi connectivity index (χ3n) is 3.68. The Bertz CT molecular complexity index is 489. The second-order valence-corrected chi connectivity index (χ2v) is 7.23. The summed E-state index contributed by atoms with van der Waals surface area (Å²) in [7, 11) is 1.30. The van der Waals surface area contributed by atoms with Crippen molar-refractivity contribution in [2.45, 2.75) is 56.2 Å². The summed E-state index contributed by atoms with van der Waals surface area (Å²) in [5, 5.41) is 20.3. The number of aliphatic carboxylic acids is 2. The number of carbonyl (C=O) groups excluding carboxylic acids is 2. The summed E-state index contributed by atoms with van der Waals surface area (Å²) in [6, 6.07) is -1.05. The van der Waals surface area contributed by atoms with Gasteiger partial charge in [-0.1, -0.05) is 6.42 Å². The van der Waals surface area contributed by atoms with Crippen LogP contribution in [0, 0.1) is 0 Å². The van der Waals surface area contributed by atoms with Crippen LogP contribution < -0.4 is 5.32 Å². The molecule has 2 amide bonds. The maximum absolute atomic E-state index is 12.3. The first-order valence-corrected chi connectivity index (χ1v) is 9.59. The minimum Gasteiger partial charge on any atom is -0.481 e. The Labute approximate surface area is 164 Å². The number of hydrogen-bond acceptors (Lipinski definition) is 6. The normalized spacial score (nSPS) is 12.9. The molecule has 0 saturated heterocycles. The van der Waals surface area contributed by atoms with E-state index in [0.717, 1.165) is 29.9 Å². The zero-order chi connectivity index (χ0) is 20.1. The molecule has 3 N–H and O–H groups in total. The third kappa shape index (κ3) is 12.0. The number of thiol groups is 2. The Morgan fingerprint density at radius 1 is 1.00 bits per heavy atom. The lowest BCUT2D eigenvalue weighted by Crippen LogP contribution is -2.48. The topological polar surface area (TPSA) is 124 Å². The number of nitrogens with zero attached hydrogens (tertiary/aromatic N) is 1. The minimum absolute atomic E-state index is 0.0927. The molecule has 0 aliphatic rings. The average Bonchev–Trinajstić information content (AvgIpc) is 2.54. The molecule has 10 heteroatoms. The van der Waals surface area contributed by atoms with Gasteiger partial charge in [-0.05, 0) is 31.4 Å². The van der Waals surface area contributed by atoms with Crippen molar-refractivity contribution in [3.63, 3.8) is 0 Å². The maximum Gasteiger partial charge on any atom is 0.323 e. The van der Waals surface area contributed by atoms with Crippen LogP contribution >= 0.6 is 25.3 Å². The van der Waals surface area contributed by atoms with Crippen LogP contribution in [0.2, 0.25) is 0 Å². The highest BCUT2D eigenvalue weighted by Crippen LogP contribution is 2.13. The Morgan fingerprint density at radius 3 is 2.19 bits per heavy atom. The highest BCUT2D eigenvalue weighted by molar-refractivity contribution is 7.81. The summed E-state index contributed by atoms with van der Waals surface area (Å²) in [5.41, 5.74) is 0. The lowest BCUT2D eigenvalue weighted by molar-refractivity contribution is -0.145. The summed E-state index contributed by atoms with van der Waals surface area (Å²) in [6.45, 7) is -0.521. The van der Waals surface area contributed by atoms with E-state index in [4.69, 9.17) is 10.2 Å². The highest BCUT2D eigenvalue weighted by atomic mass is 32.1. The Kier molecular flexibility index (Phi) is 13.0. The van der Waals surface area contributed by atoms with Gasteiger partial charge in [0.1, 0.15) is 12.6 Å². The van der Waals surface area contributed by atoms with Crippen molar-refractivity contribution in [3.8, 4) is 0 Å². The van der Waals surface area contributed by atoms with E-state index in [1.807, 2.05) is 0 Å². The van der Waals surface area contributed by atoms with Crippen LogP contribution in [0.1, 0.15) is 44.9 Å². The quantitative estimate of drug-likeness (QED) is 0.216. The number of carbonyl (C=O) groups is 4. The van der Waals surface area contributed by atoms with Crippen molar-refractivity contribution >= 4 is 49.0 Å². The molecule has 0 spiro atoms. The number of amides is 2. The Balaban J connectivity index is 4.51. The fourth-order valence-corrected chi connectivity index (χ4v) is 3.12. The van der Waals surface area contributed by atoms with Crippen LogP contribution in [0.3, 0.4) is 0 Å². The number of unbranched alkanes of at least 4 members (excludes halogenated alkanes) is 1. The fourth-order valence-electron chi connectivity index (χ4n) is 2.30. The van der Waals surface area contributed by atoms with Gasteiger partial charge in [0.25, 0.3) is 0 Å². The van der Waals surface area contributed by atoms with Gasteiger partial charge in [-0.2, -0.15) is 25.3 Å². The van der Waals surface area contributed by atoms with Gasteiger partial charge in [0, 0.05) is 25.1 Å². The molecule has 0 rings (SSSR count). The summed E-state index contributed by atoms with van der Waals surface area (Å²) < 4.78 is 0. The molecule has 0 radical (unpaired) electrons. The highest BCUT2D eigenvalue weighted by Gasteiger charge is 2.25. The summed E-state index contributed by atoms with van der Waals surface area (Å²) in [5.74, 6) is -2.51. The van der Waals surface area contributed by atoms with E-state index in [1.165, 1.54) is 7.05 Å². The Morgan fingerprint density at radius 2 is 1.65 bits per heavy atom. The number of hydrogen-bond donors (Lipinski definition) is 5. The van der Waals surface area contributed by atoms with E-state index < -0.39 is 30.4 Å². The zero-order valence-electron chi connectivity index (χ0n) is 14.9. The van der Waals surface area contributed by atoms with Crippen molar-refractivity contribution in [1.82, 2.24) is 10.2 Å². The SMILES string of the molecule is CN(CC(=O)O)C(=O)C(CCC(=O)O)NC(=O)CCCCC(S)CCS. The summed E-state index contributed by atoms with van der Waals surface area (Å²) in [6.07, 6.45) is 3.00. The molecule has 8 nitrogen and oxygen atoms in total. The van der Waals surface area contributed by atoms with E-state index in [9.17, 15) is 19.2 Å². The first kappa shape index (κ1) is 24.6. The van der Waals surface area contributed by atoms with Gasteiger partial charge in [0.15, 0.2) is 0 Å². The molecule has 150 valence electrons. The second-order valence-electron chi connectivity index (χ2n) is 6.05. The van der Waals surface area contributed by atoms with E-state index in [2.05, 4.69) is 30.6 Å². The minimum atomic E-state index is -1.19. The van der Waals surface area contributed by atoms with Gasteiger partial charge < -0.3 is 20.4 Å². The van der Waals surface area contributed by atoms with Crippen LogP contribution in [0.4, 0.5) is 0 Å². The predicted octanol–water partition coefficient (Wildman–Crippen LogP) is 1.06. The van der Waals surface area contributed by atoms with Crippen LogP contribution in [-0.4, -0.2) is 69.5 Å². The van der Waals surface area contributed by atoms with Crippen molar-refractivity contribution < 1.29 is 29.4 Å². The fraction of sp³-hybridized carbons (Fsp3) is 0.750. The van der Waals surface area contributed by atoms with Crippen molar-refractivity contribution in [3.05, 3.63) is 0 Å². The maximum atomic E-state index is 12.3. The first-order valence-electron chi connectivity index (χ1n) is 8.44. The van der Waals surface area contributed by atoms with Crippen molar-refractivity contribution in [1.29, 1.82) is 0 Å². The van der Waals surface area contributed by atoms with Crippen LogP contribution in [0.5, 0.6) is 0 Å². The van der Waals surface area contributed by atoms with Gasteiger partial charge in [-0.3, -0.25) is 19.2 Å². The molecule has 0 aliphatic carbocycles. The molecule has 0 bridgehead atoms. The molecule has 2 atom stereocenters. The summed E-state index contributed by atoms with van der Waals surface area (Å²) in [4.78, 5) is 46.7. The van der Waals surface area contributed by atoms with Crippen LogP contribution in [0.15, 0.2) is 0 Å². The van der Waals surface area contributed by atoms with Gasteiger partial charge in [-0.25, -0.2) is 0 Å². The molecular formula is C16H28N2O6S2. The number of rotatable bonds is 14. The summed E-state index contributed by atoms with van der Waals surface area (Å²) >= 11 is 8.55. The monoisotopic (exact) mass is 408 g/mol. The smallest absolute Gasteiger partial charge is 0.323 e. The predicted molar refractivity (Wildman–Crippen MR) is 104 cm³/mol. The molecule has 2 unspecified atom stereocenters. The van der Waals surface area contributed by atoms with E-state index in [-0.39, 0.29) is 30.4 Å². The second kappa shape index (κ2) is 13.7. The molecule has 0 aliphatic heterocycles. The molecule has 0 aromatic heterocycles. The number of carboxylic acids is 2. The Hall–Kier alpha value is -1.42. The largest absolute Gasteiger partial charge is 0.481 e. The molecule has 0 aromatic carbocycles. The molecule has 0 heterocycles. The number of carboxylic acid groups (broad SMARTS) is 2. The zero-order valence-corrected chi connectivity index (χ0v) is 16.7. The molecule has 26 heavy (non-hydrogen) atoms. The lowest BCUT2D eigenvalue weighted by Gasteiger charge is -2.23. The standard InChI is InChI=1S/C16H28N2O6S2/c1-18(10-15(22)23)16(24)12(6-7-14(20)21)17-13(19)5-3-2-4-11(26)8-9-25/h11-12,25-26H,2-10H2,1H3,(H,17,19)(H,20,21)(H,22,23). The molecule has 0 saturated carbocycles. The lowest BCUT2D eigenvalue weighted by atomic mass is 10.1. The number of nitrogens with one attached hydrogen (secondary N) is 1. The molecule has 0 aromatic rings. The van der Waals surface area contributed by atoms with Gasteiger partial charge in [-0.15, -0.1) is 0 Å². The first-order chi connectivity index (χ1) is 12.2. The van der Waals surface area contributed by atoms with E-state index >= 15 is 0 Å². The van der Waals surface area contributed by atoms with E-state index in [1.54, 1.807) is 0 Å². The third-order valence-corrected chi connectivity index (χ3v) is 4.46. The van der Waals surface area contributed by atoms with Crippen molar-refractivity contribution in [2.75, 3.05) is 19.3 Å². The average molecular weight is 409 g/mol. The van der Waals surface area contributed by atoms with Crippen LogP contribution in [-0.2, 0) is 19.2 Å². The van der Waals surface area contributed by atoms with E-state index in [0.29, 0.717) is 6.42 Å². The van der Waals surface area contributed by atoms with Gasteiger partial charge >= 0.3 is 11.9 Å².